The SMILES string of the molecule is Cc1noc([C@]23CCC[C@H]2CN(c2ncncc2C#N)C3)n1. The van der Waals surface area contributed by atoms with Crippen LogP contribution in [0, 0.1) is 24.2 Å². The molecule has 2 aliphatic rings. The molecule has 2 atom stereocenters. The third-order valence-corrected chi connectivity index (χ3v) is 4.94. The summed E-state index contributed by atoms with van der Waals surface area (Å²) in [5, 5.41) is 13.2. The number of aromatic nitrogens is 4. The molecule has 1 aliphatic heterocycles. The Balaban J connectivity index is 1.72. The first-order valence-electron chi connectivity index (χ1n) is 7.49. The lowest BCUT2D eigenvalue weighted by Crippen LogP contribution is -2.32. The molecule has 7 heteroatoms. The minimum absolute atomic E-state index is 0.0983. The van der Waals surface area contributed by atoms with Gasteiger partial charge in [0, 0.05) is 13.1 Å². The van der Waals surface area contributed by atoms with Gasteiger partial charge < -0.3 is 9.42 Å². The van der Waals surface area contributed by atoms with Gasteiger partial charge in [0.25, 0.3) is 0 Å². The van der Waals surface area contributed by atoms with Crippen molar-refractivity contribution < 1.29 is 4.52 Å². The van der Waals surface area contributed by atoms with E-state index in [0.717, 1.165) is 31.8 Å². The van der Waals surface area contributed by atoms with Gasteiger partial charge in [0.1, 0.15) is 23.8 Å². The van der Waals surface area contributed by atoms with E-state index in [-0.39, 0.29) is 5.41 Å². The first kappa shape index (κ1) is 13.2. The molecule has 1 saturated heterocycles. The largest absolute Gasteiger partial charge is 0.354 e. The van der Waals surface area contributed by atoms with E-state index in [1.165, 1.54) is 12.7 Å². The molecule has 3 heterocycles. The maximum absolute atomic E-state index is 9.27. The third kappa shape index (κ3) is 1.80. The van der Waals surface area contributed by atoms with Crippen LogP contribution in [-0.4, -0.2) is 33.2 Å². The van der Waals surface area contributed by atoms with Crippen LogP contribution in [0.25, 0.3) is 0 Å². The second-order valence-corrected chi connectivity index (χ2v) is 6.14. The highest BCUT2D eigenvalue weighted by atomic mass is 16.5. The first-order valence-corrected chi connectivity index (χ1v) is 7.49. The second-order valence-electron chi connectivity index (χ2n) is 6.14. The van der Waals surface area contributed by atoms with E-state index in [1.807, 2.05) is 6.92 Å². The van der Waals surface area contributed by atoms with E-state index in [4.69, 9.17) is 4.52 Å². The lowest BCUT2D eigenvalue weighted by Gasteiger charge is -2.24. The zero-order valence-electron chi connectivity index (χ0n) is 12.4. The van der Waals surface area contributed by atoms with Crippen molar-refractivity contribution in [1.29, 1.82) is 5.26 Å². The average Bonchev–Trinajstić information content (AvgIpc) is 3.20. The number of fused-ring (bicyclic) bond motifs is 1. The van der Waals surface area contributed by atoms with Crippen LogP contribution in [0.15, 0.2) is 17.0 Å². The molecule has 2 aromatic heterocycles. The van der Waals surface area contributed by atoms with Crippen molar-refractivity contribution >= 4 is 5.82 Å². The number of nitriles is 1. The summed E-state index contributed by atoms with van der Waals surface area (Å²) in [6, 6.07) is 2.18. The molecule has 0 aromatic carbocycles. The van der Waals surface area contributed by atoms with Crippen molar-refractivity contribution in [2.24, 2.45) is 5.92 Å². The molecule has 2 aromatic rings. The molecule has 0 N–H and O–H groups in total. The summed E-state index contributed by atoms with van der Waals surface area (Å²) in [6.45, 7) is 3.48. The van der Waals surface area contributed by atoms with Gasteiger partial charge in [-0.25, -0.2) is 9.97 Å². The zero-order valence-corrected chi connectivity index (χ0v) is 12.4. The molecule has 4 rings (SSSR count). The Hall–Kier alpha value is -2.49. The number of hydrogen-bond acceptors (Lipinski definition) is 7. The molecule has 0 radical (unpaired) electrons. The number of anilines is 1. The second kappa shape index (κ2) is 4.77. The molecule has 0 spiro atoms. The van der Waals surface area contributed by atoms with Crippen LogP contribution < -0.4 is 4.90 Å². The van der Waals surface area contributed by atoms with Crippen LogP contribution in [0.3, 0.4) is 0 Å². The summed E-state index contributed by atoms with van der Waals surface area (Å²) >= 11 is 0. The molecule has 0 unspecified atom stereocenters. The van der Waals surface area contributed by atoms with E-state index in [1.54, 1.807) is 6.20 Å². The molecular formula is C15H16N6O. The van der Waals surface area contributed by atoms with Gasteiger partial charge in [-0.3, -0.25) is 0 Å². The van der Waals surface area contributed by atoms with Gasteiger partial charge in [0.2, 0.25) is 5.89 Å². The summed E-state index contributed by atoms with van der Waals surface area (Å²) in [4.78, 5) is 14.9. The van der Waals surface area contributed by atoms with Gasteiger partial charge in [-0.2, -0.15) is 10.2 Å². The minimum Gasteiger partial charge on any atom is -0.354 e. The fourth-order valence-corrected chi connectivity index (χ4v) is 3.95. The van der Waals surface area contributed by atoms with Crippen LogP contribution in [0.5, 0.6) is 0 Å². The maximum Gasteiger partial charge on any atom is 0.234 e. The Morgan fingerprint density at radius 2 is 2.41 bits per heavy atom. The molecule has 0 amide bonds. The quantitative estimate of drug-likeness (QED) is 0.831. The molecule has 22 heavy (non-hydrogen) atoms. The summed E-state index contributed by atoms with van der Waals surface area (Å²) in [5.41, 5.74) is 0.415. The summed E-state index contributed by atoms with van der Waals surface area (Å²) in [6.07, 6.45) is 6.43. The van der Waals surface area contributed by atoms with Crippen LogP contribution >= 0.6 is 0 Å². The molecule has 0 bridgehead atoms. The van der Waals surface area contributed by atoms with E-state index in [2.05, 4.69) is 31.1 Å². The van der Waals surface area contributed by atoms with Crippen molar-refractivity contribution in [2.45, 2.75) is 31.6 Å². The predicted molar refractivity (Wildman–Crippen MR) is 77.0 cm³/mol. The number of aryl methyl sites for hydroxylation is 1. The van der Waals surface area contributed by atoms with Gasteiger partial charge >= 0.3 is 0 Å². The zero-order chi connectivity index (χ0) is 15.2. The summed E-state index contributed by atoms with van der Waals surface area (Å²) in [5.74, 6) is 2.59. The van der Waals surface area contributed by atoms with Gasteiger partial charge in [-0.05, 0) is 25.7 Å². The number of nitrogens with zero attached hydrogens (tertiary/aromatic N) is 6. The van der Waals surface area contributed by atoms with Crippen molar-refractivity contribution in [2.75, 3.05) is 18.0 Å². The van der Waals surface area contributed by atoms with E-state index >= 15 is 0 Å². The van der Waals surface area contributed by atoms with Crippen LogP contribution in [0.1, 0.15) is 36.5 Å². The monoisotopic (exact) mass is 296 g/mol. The molecular weight excluding hydrogens is 280 g/mol. The predicted octanol–water partition coefficient (Wildman–Crippen LogP) is 1.60. The summed E-state index contributed by atoms with van der Waals surface area (Å²) < 4.78 is 5.51. The highest BCUT2D eigenvalue weighted by Crippen LogP contribution is 2.50. The highest BCUT2D eigenvalue weighted by molar-refractivity contribution is 5.54. The smallest absolute Gasteiger partial charge is 0.234 e. The van der Waals surface area contributed by atoms with E-state index < -0.39 is 0 Å². The standard InChI is InChI=1S/C15H16N6O/c1-10-19-14(22-20-10)15-4-2-3-12(15)7-21(8-15)13-11(5-16)6-17-9-18-13/h6,9,12H,2-4,7-8H2,1H3/t12-,15-/m0/s1. The van der Waals surface area contributed by atoms with Crippen molar-refractivity contribution in [1.82, 2.24) is 20.1 Å². The van der Waals surface area contributed by atoms with Gasteiger partial charge in [0.05, 0.1) is 11.6 Å². The van der Waals surface area contributed by atoms with E-state index in [0.29, 0.717) is 23.1 Å². The molecule has 7 nitrogen and oxygen atoms in total. The molecule has 2 fully saturated rings. The fraction of sp³-hybridized carbons (Fsp3) is 0.533. The Labute approximate surface area is 128 Å². The number of rotatable bonds is 2. The summed E-state index contributed by atoms with van der Waals surface area (Å²) in [7, 11) is 0. The first-order chi connectivity index (χ1) is 10.7. The van der Waals surface area contributed by atoms with Crippen molar-refractivity contribution in [3.8, 4) is 6.07 Å². The number of hydrogen-bond donors (Lipinski definition) is 0. The Morgan fingerprint density at radius 3 is 3.18 bits per heavy atom. The average molecular weight is 296 g/mol. The third-order valence-electron chi connectivity index (χ3n) is 4.94. The van der Waals surface area contributed by atoms with Gasteiger partial charge in [-0.1, -0.05) is 11.6 Å². The lowest BCUT2D eigenvalue weighted by atomic mass is 9.80. The Morgan fingerprint density at radius 1 is 1.50 bits per heavy atom. The van der Waals surface area contributed by atoms with Crippen LogP contribution in [0.2, 0.25) is 0 Å². The minimum atomic E-state index is -0.0983. The molecule has 1 aliphatic carbocycles. The lowest BCUT2D eigenvalue weighted by molar-refractivity contribution is 0.265. The fourth-order valence-electron chi connectivity index (χ4n) is 3.95. The normalized spacial score (nSPS) is 26.9. The van der Waals surface area contributed by atoms with Gasteiger partial charge in [0.15, 0.2) is 5.82 Å². The van der Waals surface area contributed by atoms with Crippen LogP contribution in [0.4, 0.5) is 5.82 Å². The molecule has 112 valence electrons. The van der Waals surface area contributed by atoms with E-state index in [9.17, 15) is 5.26 Å². The molecule has 1 saturated carbocycles. The van der Waals surface area contributed by atoms with Gasteiger partial charge in [-0.15, -0.1) is 0 Å². The highest BCUT2D eigenvalue weighted by Gasteiger charge is 2.54. The Bertz CT molecular complexity index is 750. The topological polar surface area (TPSA) is 91.7 Å². The van der Waals surface area contributed by atoms with Crippen molar-refractivity contribution in [3.05, 3.63) is 29.8 Å². The maximum atomic E-state index is 9.27. The Kier molecular flexibility index (Phi) is 2.86. The van der Waals surface area contributed by atoms with Crippen molar-refractivity contribution in [3.63, 3.8) is 0 Å². The van der Waals surface area contributed by atoms with Crippen LogP contribution in [-0.2, 0) is 5.41 Å².